The van der Waals surface area contributed by atoms with Gasteiger partial charge in [0.05, 0.1) is 12.0 Å². The van der Waals surface area contributed by atoms with Crippen LogP contribution in [0.25, 0.3) is 0 Å². The van der Waals surface area contributed by atoms with E-state index >= 15 is 0 Å². The summed E-state index contributed by atoms with van der Waals surface area (Å²) in [7, 11) is 2.29. The minimum absolute atomic E-state index is 0.271. The van der Waals surface area contributed by atoms with Crippen molar-refractivity contribution in [3.8, 4) is 6.07 Å². The van der Waals surface area contributed by atoms with Crippen molar-refractivity contribution in [3.05, 3.63) is 0 Å². The molecule has 0 heterocycles. The second-order valence-electron chi connectivity index (χ2n) is 6.97. The summed E-state index contributed by atoms with van der Waals surface area (Å²) in [6.45, 7) is 4.68. The molecule has 19 heavy (non-hydrogen) atoms. The molecule has 0 saturated heterocycles. The summed E-state index contributed by atoms with van der Waals surface area (Å²) in [6.07, 6.45) is 10.3. The van der Waals surface area contributed by atoms with E-state index in [0.717, 1.165) is 24.3 Å². The number of rotatable bonds is 3. The van der Waals surface area contributed by atoms with Crippen molar-refractivity contribution >= 4 is 0 Å². The molecule has 0 aromatic carbocycles. The first-order valence-corrected chi connectivity index (χ1v) is 8.27. The molecule has 2 nitrogen and oxygen atoms in total. The van der Waals surface area contributed by atoms with Crippen molar-refractivity contribution < 1.29 is 0 Å². The molecule has 0 N–H and O–H groups in total. The summed E-state index contributed by atoms with van der Waals surface area (Å²) in [5.41, 5.74) is 0. The Morgan fingerprint density at radius 3 is 2.37 bits per heavy atom. The maximum atomic E-state index is 9.43. The van der Waals surface area contributed by atoms with Crippen LogP contribution in [0.1, 0.15) is 65.2 Å². The third-order valence-corrected chi connectivity index (χ3v) is 5.75. The number of hydrogen-bond acceptors (Lipinski definition) is 2. The molecule has 3 unspecified atom stereocenters. The van der Waals surface area contributed by atoms with Crippen LogP contribution in [0.2, 0.25) is 0 Å². The van der Waals surface area contributed by atoms with Gasteiger partial charge in [-0.1, -0.05) is 20.3 Å². The van der Waals surface area contributed by atoms with E-state index in [1.165, 1.54) is 44.9 Å². The van der Waals surface area contributed by atoms with Crippen LogP contribution in [0.3, 0.4) is 0 Å². The second-order valence-corrected chi connectivity index (χ2v) is 6.97. The fraction of sp³-hybridized carbons (Fsp3) is 0.941. The van der Waals surface area contributed by atoms with Gasteiger partial charge in [-0.15, -0.1) is 0 Å². The van der Waals surface area contributed by atoms with Gasteiger partial charge in [0.25, 0.3) is 0 Å². The molecular formula is C17H30N2. The Kier molecular flexibility index (Phi) is 5.28. The molecule has 0 aromatic heterocycles. The maximum Gasteiger partial charge on any atom is 0.0672 e. The molecule has 0 radical (unpaired) electrons. The van der Waals surface area contributed by atoms with Crippen LogP contribution in [-0.4, -0.2) is 24.0 Å². The average Bonchev–Trinajstić information content (AvgIpc) is 2.46. The Labute approximate surface area is 119 Å². The van der Waals surface area contributed by atoms with Crippen LogP contribution in [0, 0.1) is 29.1 Å². The lowest BCUT2D eigenvalue weighted by atomic mass is 9.76. The molecule has 2 heteroatoms. The molecule has 2 rings (SSSR count). The highest BCUT2D eigenvalue weighted by molar-refractivity contribution is 4.98. The largest absolute Gasteiger partial charge is 0.299 e. The van der Waals surface area contributed by atoms with Crippen molar-refractivity contribution in [2.45, 2.75) is 77.3 Å². The van der Waals surface area contributed by atoms with E-state index < -0.39 is 0 Å². The summed E-state index contributed by atoms with van der Waals surface area (Å²) < 4.78 is 0. The topological polar surface area (TPSA) is 27.0 Å². The Hall–Kier alpha value is -0.550. The minimum Gasteiger partial charge on any atom is -0.299 e. The summed E-state index contributed by atoms with van der Waals surface area (Å²) in [5.74, 6) is 2.03. The van der Waals surface area contributed by atoms with Gasteiger partial charge in [-0.2, -0.15) is 5.26 Å². The molecule has 3 atom stereocenters. The van der Waals surface area contributed by atoms with Crippen molar-refractivity contribution in [1.82, 2.24) is 4.90 Å². The molecule has 0 spiro atoms. The minimum atomic E-state index is 0.271. The summed E-state index contributed by atoms with van der Waals surface area (Å²) in [5, 5.41) is 9.43. The SMILES string of the molecule is CCC1CCC(C#N)C(N(C)C2CCC(C)CC2)C1. The van der Waals surface area contributed by atoms with Gasteiger partial charge in [-0.25, -0.2) is 0 Å². The van der Waals surface area contributed by atoms with Crippen molar-refractivity contribution in [2.75, 3.05) is 7.05 Å². The second kappa shape index (κ2) is 6.75. The Morgan fingerprint density at radius 1 is 1.11 bits per heavy atom. The van der Waals surface area contributed by atoms with E-state index in [9.17, 15) is 5.26 Å². The van der Waals surface area contributed by atoms with E-state index in [1.807, 2.05) is 0 Å². The number of nitrogens with zero attached hydrogens (tertiary/aromatic N) is 2. The van der Waals surface area contributed by atoms with E-state index in [1.54, 1.807) is 0 Å². The fourth-order valence-electron chi connectivity index (χ4n) is 4.12. The Bertz CT molecular complexity index is 312. The molecule has 2 aliphatic carbocycles. The molecule has 0 aliphatic heterocycles. The average molecular weight is 262 g/mol. The maximum absolute atomic E-state index is 9.43. The zero-order valence-corrected chi connectivity index (χ0v) is 12.9. The van der Waals surface area contributed by atoms with Gasteiger partial charge in [0.2, 0.25) is 0 Å². The van der Waals surface area contributed by atoms with Crippen LogP contribution in [0.5, 0.6) is 0 Å². The Morgan fingerprint density at radius 2 is 1.79 bits per heavy atom. The molecular weight excluding hydrogens is 232 g/mol. The predicted octanol–water partition coefficient (Wildman–Crippen LogP) is 4.22. The third kappa shape index (κ3) is 3.51. The van der Waals surface area contributed by atoms with Crippen LogP contribution in [0.15, 0.2) is 0 Å². The standard InChI is InChI=1S/C17H30N2/c1-4-14-7-8-15(12-18)17(11-14)19(3)16-9-5-13(2)6-10-16/h13-17H,4-11H2,1-3H3. The number of hydrogen-bond donors (Lipinski definition) is 0. The first-order chi connectivity index (χ1) is 9.15. The first-order valence-electron chi connectivity index (χ1n) is 8.27. The summed E-state index contributed by atoms with van der Waals surface area (Å²) in [4.78, 5) is 2.58. The molecule has 0 amide bonds. The molecule has 108 valence electrons. The molecule has 2 aliphatic rings. The lowest BCUT2D eigenvalue weighted by Crippen LogP contribution is -2.48. The van der Waals surface area contributed by atoms with Gasteiger partial charge in [0.15, 0.2) is 0 Å². The zero-order valence-electron chi connectivity index (χ0n) is 12.9. The van der Waals surface area contributed by atoms with Gasteiger partial charge >= 0.3 is 0 Å². The molecule has 2 fully saturated rings. The van der Waals surface area contributed by atoms with Gasteiger partial charge in [0.1, 0.15) is 0 Å². The highest BCUT2D eigenvalue weighted by Gasteiger charge is 2.35. The van der Waals surface area contributed by atoms with Gasteiger partial charge in [-0.05, 0) is 63.8 Å². The molecule has 2 saturated carbocycles. The van der Waals surface area contributed by atoms with Crippen molar-refractivity contribution in [1.29, 1.82) is 5.26 Å². The summed E-state index contributed by atoms with van der Waals surface area (Å²) in [6, 6.07) is 3.83. The van der Waals surface area contributed by atoms with E-state index in [0.29, 0.717) is 6.04 Å². The monoisotopic (exact) mass is 262 g/mol. The lowest BCUT2D eigenvalue weighted by molar-refractivity contribution is 0.0625. The quantitative estimate of drug-likeness (QED) is 0.761. The van der Waals surface area contributed by atoms with Gasteiger partial charge in [-0.3, -0.25) is 4.90 Å². The van der Waals surface area contributed by atoms with Crippen molar-refractivity contribution in [2.24, 2.45) is 17.8 Å². The normalized spacial score (nSPS) is 40.1. The van der Waals surface area contributed by atoms with Crippen LogP contribution < -0.4 is 0 Å². The van der Waals surface area contributed by atoms with E-state index in [4.69, 9.17) is 0 Å². The highest BCUT2D eigenvalue weighted by Crippen LogP contribution is 2.36. The molecule has 0 aromatic rings. The van der Waals surface area contributed by atoms with Crippen LogP contribution in [0.4, 0.5) is 0 Å². The fourth-order valence-corrected chi connectivity index (χ4v) is 4.12. The smallest absolute Gasteiger partial charge is 0.0672 e. The highest BCUT2D eigenvalue weighted by atomic mass is 15.2. The van der Waals surface area contributed by atoms with E-state index in [2.05, 4.69) is 31.9 Å². The van der Waals surface area contributed by atoms with Crippen LogP contribution >= 0.6 is 0 Å². The zero-order chi connectivity index (χ0) is 13.8. The molecule has 0 bridgehead atoms. The van der Waals surface area contributed by atoms with Gasteiger partial charge < -0.3 is 0 Å². The van der Waals surface area contributed by atoms with Gasteiger partial charge in [0, 0.05) is 12.1 Å². The Balaban J connectivity index is 1.98. The lowest BCUT2D eigenvalue weighted by Gasteiger charge is -2.43. The van der Waals surface area contributed by atoms with E-state index in [-0.39, 0.29) is 5.92 Å². The predicted molar refractivity (Wildman–Crippen MR) is 79.7 cm³/mol. The summed E-state index contributed by atoms with van der Waals surface area (Å²) >= 11 is 0. The first kappa shape index (κ1) is 14.9. The number of nitriles is 1. The third-order valence-electron chi connectivity index (χ3n) is 5.75. The van der Waals surface area contributed by atoms with Crippen molar-refractivity contribution in [3.63, 3.8) is 0 Å². The van der Waals surface area contributed by atoms with Crippen LogP contribution in [-0.2, 0) is 0 Å².